The molecule has 0 spiro atoms. The van der Waals surface area contributed by atoms with E-state index in [4.69, 9.17) is 27.9 Å². The summed E-state index contributed by atoms with van der Waals surface area (Å²) in [5, 5.41) is 2.78. The minimum atomic E-state index is -0.235. The van der Waals surface area contributed by atoms with Crippen molar-refractivity contribution in [3.05, 3.63) is 24.3 Å². The van der Waals surface area contributed by atoms with Crippen LogP contribution >= 0.6 is 23.2 Å². The Kier molecular flexibility index (Phi) is 6.68. The predicted molar refractivity (Wildman–Crippen MR) is 75.0 cm³/mol. The molecule has 0 bridgehead atoms. The fraction of sp³-hybridized carbons (Fsp3) is 0.417. The molecule has 0 heterocycles. The van der Waals surface area contributed by atoms with E-state index in [0.29, 0.717) is 36.3 Å². The number of carbonyl (C=O) groups is 1. The summed E-state index contributed by atoms with van der Waals surface area (Å²) >= 11 is 11.3. The van der Waals surface area contributed by atoms with Crippen LogP contribution in [0.3, 0.4) is 0 Å². The number of benzene rings is 1. The number of carbonyl (C=O) groups excluding carboxylic acids is 1. The van der Waals surface area contributed by atoms with Crippen molar-refractivity contribution in [2.24, 2.45) is 0 Å². The molecule has 0 fully saturated rings. The molecule has 1 N–H and O–H groups in total. The van der Waals surface area contributed by atoms with Gasteiger partial charge in [-0.05, 0) is 12.1 Å². The number of anilines is 1. The van der Waals surface area contributed by atoms with Crippen LogP contribution in [0.5, 0.6) is 5.75 Å². The lowest BCUT2D eigenvalue weighted by molar-refractivity contribution is 0.217. The molecule has 0 aliphatic carbocycles. The van der Waals surface area contributed by atoms with Crippen LogP contribution in [0.2, 0.25) is 0 Å². The topological polar surface area (TPSA) is 41.6 Å². The zero-order chi connectivity index (χ0) is 13.4. The monoisotopic (exact) mass is 290 g/mol. The first-order valence-electron chi connectivity index (χ1n) is 5.53. The van der Waals surface area contributed by atoms with Gasteiger partial charge in [0.25, 0.3) is 0 Å². The van der Waals surface area contributed by atoms with Crippen molar-refractivity contribution in [2.45, 2.75) is 0 Å². The van der Waals surface area contributed by atoms with Crippen LogP contribution < -0.4 is 10.1 Å². The summed E-state index contributed by atoms with van der Waals surface area (Å²) in [4.78, 5) is 13.6. The molecule has 100 valence electrons. The average molecular weight is 291 g/mol. The third-order valence-corrected chi connectivity index (χ3v) is 2.68. The molecule has 6 heteroatoms. The molecule has 0 radical (unpaired) electrons. The van der Waals surface area contributed by atoms with Gasteiger partial charge < -0.3 is 15.0 Å². The second-order valence-electron chi connectivity index (χ2n) is 3.50. The highest BCUT2D eigenvalue weighted by atomic mass is 35.5. The molecule has 4 nitrogen and oxygen atoms in total. The Morgan fingerprint density at radius 1 is 1.28 bits per heavy atom. The summed E-state index contributed by atoms with van der Waals surface area (Å²) in [6.45, 7) is 0.907. The van der Waals surface area contributed by atoms with Gasteiger partial charge in [-0.3, -0.25) is 0 Å². The summed E-state index contributed by atoms with van der Waals surface area (Å²) in [6.07, 6.45) is 0. The van der Waals surface area contributed by atoms with Crippen LogP contribution in [0, 0.1) is 0 Å². The number of ether oxygens (including phenoxy) is 1. The van der Waals surface area contributed by atoms with Gasteiger partial charge in [-0.25, -0.2) is 4.79 Å². The van der Waals surface area contributed by atoms with Crippen molar-refractivity contribution < 1.29 is 9.53 Å². The maximum absolute atomic E-state index is 12.0. The van der Waals surface area contributed by atoms with Gasteiger partial charge in [-0.1, -0.05) is 12.1 Å². The number of rotatable bonds is 6. The molecule has 1 aromatic rings. The standard InChI is InChI=1S/C12H16Cl2N2O2/c1-18-11-5-3-2-4-10(11)15-12(17)16(8-6-13)9-7-14/h2-5H,6-9H2,1H3,(H,15,17). The third kappa shape index (κ3) is 4.27. The number of nitrogens with one attached hydrogen (secondary N) is 1. The van der Waals surface area contributed by atoms with E-state index in [-0.39, 0.29) is 6.03 Å². The Morgan fingerprint density at radius 2 is 1.89 bits per heavy atom. The molecule has 0 aliphatic rings. The zero-order valence-electron chi connectivity index (χ0n) is 10.2. The maximum Gasteiger partial charge on any atom is 0.322 e. The van der Waals surface area contributed by atoms with Crippen molar-refractivity contribution in [3.63, 3.8) is 0 Å². The first kappa shape index (κ1) is 14.9. The lowest BCUT2D eigenvalue weighted by Gasteiger charge is -2.21. The number of halogens is 2. The number of para-hydroxylation sites is 2. The second kappa shape index (κ2) is 8.06. The van der Waals surface area contributed by atoms with Gasteiger partial charge in [0.1, 0.15) is 5.75 Å². The van der Waals surface area contributed by atoms with Crippen molar-refractivity contribution in [1.82, 2.24) is 4.90 Å². The Morgan fingerprint density at radius 3 is 2.44 bits per heavy atom. The van der Waals surface area contributed by atoms with Gasteiger partial charge in [0, 0.05) is 24.8 Å². The SMILES string of the molecule is COc1ccccc1NC(=O)N(CCCl)CCCl. The number of methoxy groups -OCH3 is 1. The zero-order valence-corrected chi connectivity index (χ0v) is 11.7. The Labute approximate surface area is 117 Å². The van der Waals surface area contributed by atoms with Crippen LogP contribution in [0.4, 0.5) is 10.5 Å². The van der Waals surface area contributed by atoms with E-state index >= 15 is 0 Å². The molecule has 18 heavy (non-hydrogen) atoms. The van der Waals surface area contributed by atoms with Gasteiger partial charge in [-0.15, -0.1) is 23.2 Å². The summed E-state index contributed by atoms with van der Waals surface area (Å²) in [7, 11) is 1.56. The minimum Gasteiger partial charge on any atom is -0.495 e. The Balaban J connectivity index is 2.72. The Hall–Kier alpha value is -1.13. The average Bonchev–Trinajstić information content (AvgIpc) is 2.39. The van der Waals surface area contributed by atoms with Crippen LogP contribution in [-0.4, -0.2) is 42.9 Å². The van der Waals surface area contributed by atoms with Crippen LogP contribution in [-0.2, 0) is 0 Å². The maximum atomic E-state index is 12.0. The van der Waals surface area contributed by atoms with Crippen LogP contribution in [0.1, 0.15) is 0 Å². The molecule has 0 atom stereocenters. The second-order valence-corrected chi connectivity index (χ2v) is 4.25. The number of hydrogen-bond donors (Lipinski definition) is 1. The van der Waals surface area contributed by atoms with E-state index in [9.17, 15) is 4.79 Å². The first-order chi connectivity index (χ1) is 8.72. The predicted octanol–water partition coefficient (Wildman–Crippen LogP) is 3.01. The first-order valence-corrected chi connectivity index (χ1v) is 6.60. The quantitative estimate of drug-likeness (QED) is 0.819. The van der Waals surface area contributed by atoms with Gasteiger partial charge in [0.05, 0.1) is 12.8 Å². The van der Waals surface area contributed by atoms with Gasteiger partial charge >= 0.3 is 6.03 Å². The van der Waals surface area contributed by atoms with Gasteiger partial charge in [0.2, 0.25) is 0 Å². The lowest BCUT2D eigenvalue weighted by Crippen LogP contribution is -2.37. The third-order valence-electron chi connectivity index (χ3n) is 2.34. The highest BCUT2D eigenvalue weighted by molar-refractivity contribution is 6.18. The fourth-order valence-electron chi connectivity index (χ4n) is 1.46. The van der Waals surface area contributed by atoms with Crippen molar-refractivity contribution in [2.75, 3.05) is 37.3 Å². The van der Waals surface area contributed by atoms with E-state index in [1.807, 2.05) is 12.1 Å². The summed E-state index contributed by atoms with van der Waals surface area (Å²) in [5.74, 6) is 1.36. The molecule has 0 aromatic heterocycles. The molecule has 0 unspecified atom stereocenters. The lowest BCUT2D eigenvalue weighted by atomic mass is 10.3. The smallest absolute Gasteiger partial charge is 0.322 e. The number of amides is 2. The molecule has 0 aliphatic heterocycles. The van der Waals surface area contributed by atoms with Crippen molar-refractivity contribution >= 4 is 34.9 Å². The van der Waals surface area contributed by atoms with E-state index in [0.717, 1.165) is 0 Å². The van der Waals surface area contributed by atoms with Crippen LogP contribution in [0.25, 0.3) is 0 Å². The number of hydrogen-bond acceptors (Lipinski definition) is 2. The summed E-state index contributed by atoms with van der Waals surface area (Å²) < 4.78 is 5.16. The number of urea groups is 1. The van der Waals surface area contributed by atoms with Crippen LogP contribution in [0.15, 0.2) is 24.3 Å². The molecule has 2 amide bonds. The summed E-state index contributed by atoms with van der Waals surface area (Å²) in [6, 6.07) is 6.98. The number of nitrogens with zero attached hydrogens (tertiary/aromatic N) is 1. The Bertz CT molecular complexity index is 382. The summed E-state index contributed by atoms with van der Waals surface area (Å²) in [5.41, 5.74) is 0.624. The van der Waals surface area contributed by atoms with Crippen molar-refractivity contribution in [1.29, 1.82) is 0 Å². The molecule has 1 rings (SSSR count). The van der Waals surface area contributed by atoms with Gasteiger partial charge in [0.15, 0.2) is 0 Å². The normalized spacial score (nSPS) is 9.94. The highest BCUT2D eigenvalue weighted by Gasteiger charge is 2.13. The van der Waals surface area contributed by atoms with Crippen molar-refractivity contribution in [3.8, 4) is 5.75 Å². The molecular weight excluding hydrogens is 275 g/mol. The van der Waals surface area contributed by atoms with E-state index in [2.05, 4.69) is 5.32 Å². The minimum absolute atomic E-state index is 0.235. The molecule has 0 saturated carbocycles. The van der Waals surface area contributed by atoms with Gasteiger partial charge in [-0.2, -0.15) is 0 Å². The van der Waals surface area contributed by atoms with E-state index < -0.39 is 0 Å². The highest BCUT2D eigenvalue weighted by Crippen LogP contribution is 2.23. The molecule has 1 aromatic carbocycles. The fourth-order valence-corrected chi connectivity index (χ4v) is 1.87. The van der Waals surface area contributed by atoms with E-state index in [1.54, 1.807) is 24.1 Å². The largest absolute Gasteiger partial charge is 0.495 e. The van der Waals surface area contributed by atoms with E-state index in [1.165, 1.54) is 0 Å². The number of alkyl halides is 2. The molecular formula is C12H16Cl2N2O2. The molecule has 0 saturated heterocycles.